The Kier molecular flexibility index (Phi) is 6.42. The van der Waals surface area contributed by atoms with Gasteiger partial charge in [-0.1, -0.05) is 47.4 Å². The normalized spacial score (nSPS) is 15.7. The zero-order chi connectivity index (χ0) is 25.4. The van der Waals surface area contributed by atoms with Gasteiger partial charge in [0.2, 0.25) is 10.9 Å². The molecule has 0 saturated carbocycles. The van der Waals surface area contributed by atoms with Crippen LogP contribution in [0.5, 0.6) is 0 Å². The Morgan fingerprint density at radius 3 is 2.36 bits per heavy atom. The lowest BCUT2D eigenvalue weighted by molar-refractivity contribution is -0.117. The second-order valence-corrected chi connectivity index (χ2v) is 10.1. The van der Waals surface area contributed by atoms with E-state index in [9.17, 15) is 23.5 Å². The lowest BCUT2D eigenvalue weighted by Crippen LogP contribution is -2.31. The van der Waals surface area contributed by atoms with E-state index < -0.39 is 29.3 Å². The number of anilines is 1. The SMILES string of the molecule is Cc1ccc(C(=O)C2=C(O)C(=O)N(c3nnc(SCc4ccc(F)cc4)s3)C2c2ccc(F)cc2)o1. The van der Waals surface area contributed by atoms with E-state index >= 15 is 0 Å². The van der Waals surface area contributed by atoms with Crippen molar-refractivity contribution in [2.45, 2.75) is 23.1 Å². The smallest absolute Gasteiger partial charge is 0.296 e. The molecule has 0 aliphatic carbocycles. The molecular formula is C25H17F2N3O4S2. The Balaban J connectivity index is 1.48. The van der Waals surface area contributed by atoms with Gasteiger partial charge in [0.05, 0.1) is 11.6 Å². The third-order valence-electron chi connectivity index (χ3n) is 5.48. The highest BCUT2D eigenvalue weighted by molar-refractivity contribution is 8.00. The van der Waals surface area contributed by atoms with Gasteiger partial charge >= 0.3 is 0 Å². The number of Topliss-reactive ketones (excluding diaryl/α,β-unsaturated/α-hetero) is 1. The summed E-state index contributed by atoms with van der Waals surface area (Å²) in [5.74, 6) is -2.11. The molecule has 5 rings (SSSR count). The van der Waals surface area contributed by atoms with Gasteiger partial charge in [-0.2, -0.15) is 0 Å². The van der Waals surface area contributed by atoms with E-state index in [1.807, 2.05) is 0 Å². The van der Waals surface area contributed by atoms with E-state index in [4.69, 9.17) is 4.42 Å². The van der Waals surface area contributed by atoms with Crippen LogP contribution in [0.25, 0.3) is 0 Å². The highest BCUT2D eigenvalue weighted by Gasteiger charge is 2.46. The van der Waals surface area contributed by atoms with Crippen LogP contribution in [0.2, 0.25) is 0 Å². The summed E-state index contributed by atoms with van der Waals surface area (Å²) >= 11 is 2.44. The van der Waals surface area contributed by atoms with Crippen LogP contribution in [-0.2, 0) is 10.5 Å². The van der Waals surface area contributed by atoms with Gasteiger partial charge in [-0.25, -0.2) is 8.78 Å². The molecule has 4 aromatic rings. The maximum Gasteiger partial charge on any atom is 0.296 e. The van der Waals surface area contributed by atoms with E-state index in [0.717, 1.165) is 16.9 Å². The number of carbonyl (C=O) groups is 2. The van der Waals surface area contributed by atoms with Crippen molar-refractivity contribution < 1.29 is 27.9 Å². The number of rotatable bonds is 7. The molecule has 1 N–H and O–H groups in total. The monoisotopic (exact) mass is 525 g/mol. The molecule has 0 spiro atoms. The quantitative estimate of drug-likeness (QED) is 0.185. The van der Waals surface area contributed by atoms with Crippen LogP contribution in [0.15, 0.2) is 80.8 Å². The number of aromatic nitrogens is 2. The van der Waals surface area contributed by atoms with Crippen LogP contribution < -0.4 is 4.90 Å². The standard InChI is InChI=1S/C25H17F2N3O4S2/c1-13-2-11-18(34-13)21(31)19-20(15-5-9-17(27)10-6-15)30(23(33)22(19)32)24-28-29-25(36-24)35-12-14-3-7-16(26)8-4-14/h2-11,20,32H,12H2,1H3. The number of aliphatic hydroxyl groups is 1. The van der Waals surface area contributed by atoms with Gasteiger partial charge in [0.25, 0.3) is 5.91 Å². The molecule has 3 heterocycles. The minimum atomic E-state index is -1.07. The topological polar surface area (TPSA) is 96.5 Å². The second-order valence-electron chi connectivity index (χ2n) is 7.90. The van der Waals surface area contributed by atoms with E-state index in [2.05, 4.69) is 10.2 Å². The van der Waals surface area contributed by atoms with Gasteiger partial charge in [0.1, 0.15) is 17.4 Å². The fourth-order valence-electron chi connectivity index (χ4n) is 3.77. The predicted octanol–water partition coefficient (Wildman–Crippen LogP) is 5.79. The minimum absolute atomic E-state index is 0.0383. The molecule has 36 heavy (non-hydrogen) atoms. The minimum Gasteiger partial charge on any atom is -0.503 e. The molecule has 2 aromatic heterocycles. The first kappa shape index (κ1) is 23.9. The number of hydrogen-bond acceptors (Lipinski definition) is 8. The molecule has 0 saturated heterocycles. The highest BCUT2D eigenvalue weighted by Crippen LogP contribution is 2.44. The molecular weight excluding hydrogens is 508 g/mol. The Bertz CT molecular complexity index is 1480. The molecule has 0 fully saturated rings. The summed E-state index contributed by atoms with van der Waals surface area (Å²) in [4.78, 5) is 27.7. The largest absolute Gasteiger partial charge is 0.503 e. The second kappa shape index (κ2) is 9.67. The van der Waals surface area contributed by atoms with Crippen molar-refractivity contribution in [2.24, 2.45) is 0 Å². The fraction of sp³-hybridized carbons (Fsp3) is 0.120. The van der Waals surface area contributed by atoms with Crippen LogP contribution in [-0.4, -0.2) is 27.0 Å². The molecule has 1 atom stereocenters. The maximum absolute atomic E-state index is 13.7. The van der Waals surface area contributed by atoms with E-state index in [0.29, 0.717) is 21.4 Å². The maximum atomic E-state index is 13.7. The van der Waals surface area contributed by atoms with Crippen molar-refractivity contribution in [1.29, 1.82) is 0 Å². The van der Waals surface area contributed by atoms with Crippen molar-refractivity contribution in [1.82, 2.24) is 10.2 Å². The summed E-state index contributed by atoms with van der Waals surface area (Å²) in [6, 6.07) is 13.3. The van der Waals surface area contributed by atoms with Crippen LogP contribution in [0, 0.1) is 18.6 Å². The lowest BCUT2D eigenvalue weighted by Gasteiger charge is -2.23. The lowest BCUT2D eigenvalue weighted by atomic mass is 9.95. The number of ketones is 1. The molecule has 0 bridgehead atoms. The molecule has 1 unspecified atom stereocenters. The Morgan fingerprint density at radius 1 is 1.06 bits per heavy atom. The molecule has 1 aliphatic rings. The zero-order valence-electron chi connectivity index (χ0n) is 18.6. The zero-order valence-corrected chi connectivity index (χ0v) is 20.3. The van der Waals surface area contributed by atoms with Crippen molar-refractivity contribution >= 4 is 39.9 Å². The number of aliphatic hydroxyl groups excluding tert-OH is 1. The van der Waals surface area contributed by atoms with E-state index in [-0.39, 0.29) is 22.3 Å². The summed E-state index contributed by atoms with van der Waals surface area (Å²) in [5.41, 5.74) is 1.08. The van der Waals surface area contributed by atoms with Crippen LogP contribution >= 0.6 is 23.1 Å². The van der Waals surface area contributed by atoms with E-state index in [1.54, 1.807) is 25.1 Å². The van der Waals surface area contributed by atoms with Crippen molar-refractivity contribution in [3.63, 3.8) is 0 Å². The van der Waals surface area contributed by atoms with E-state index in [1.165, 1.54) is 59.1 Å². The summed E-state index contributed by atoms with van der Waals surface area (Å²) in [5, 5.41) is 19.2. The number of furan rings is 1. The Morgan fingerprint density at radius 2 is 1.72 bits per heavy atom. The first-order valence-electron chi connectivity index (χ1n) is 10.7. The number of amides is 1. The van der Waals surface area contributed by atoms with Gasteiger partial charge in [0, 0.05) is 5.75 Å². The molecule has 1 amide bonds. The van der Waals surface area contributed by atoms with Crippen LogP contribution in [0.4, 0.5) is 13.9 Å². The van der Waals surface area contributed by atoms with Crippen molar-refractivity contribution in [2.75, 3.05) is 4.90 Å². The Hall–Kier alpha value is -3.83. The van der Waals surface area contributed by atoms with Gasteiger partial charge < -0.3 is 9.52 Å². The third kappa shape index (κ3) is 4.54. The van der Waals surface area contributed by atoms with Gasteiger partial charge in [-0.05, 0) is 54.4 Å². The summed E-state index contributed by atoms with van der Waals surface area (Å²) in [7, 11) is 0. The van der Waals surface area contributed by atoms with Gasteiger partial charge in [-0.15, -0.1) is 10.2 Å². The summed E-state index contributed by atoms with van der Waals surface area (Å²) in [6.07, 6.45) is 0. The first-order chi connectivity index (χ1) is 17.3. The summed E-state index contributed by atoms with van der Waals surface area (Å²) in [6.45, 7) is 1.67. The Labute approximate surface area is 212 Å². The van der Waals surface area contributed by atoms with Crippen molar-refractivity contribution in [3.05, 3.63) is 106 Å². The van der Waals surface area contributed by atoms with Crippen LogP contribution in [0.1, 0.15) is 33.5 Å². The number of nitrogens with zero attached hydrogens (tertiary/aromatic N) is 3. The number of hydrogen-bond donors (Lipinski definition) is 1. The molecule has 1 aliphatic heterocycles. The number of halogens is 2. The van der Waals surface area contributed by atoms with Gasteiger partial charge in [0.15, 0.2) is 15.9 Å². The number of aryl methyl sites for hydroxylation is 1. The number of carbonyl (C=O) groups excluding carboxylic acids is 2. The average Bonchev–Trinajstić information content (AvgIpc) is 3.58. The number of benzene rings is 2. The third-order valence-corrected chi connectivity index (χ3v) is 7.61. The molecule has 182 valence electrons. The molecule has 2 aromatic carbocycles. The van der Waals surface area contributed by atoms with Gasteiger partial charge in [-0.3, -0.25) is 14.5 Å². The predicted molar refractivity (Wildman–Crippen MR) is 130 cm³/mol. The first-order valence-corrected chi connectivity index (χ1v) is 12.5. The molecule has 0 radical (unpaired) electrons. The number of thioether (sulfide) groups is 1. The summed E-state index contributed by atoms with van der Waals surface area (Å²) < 4.78 is 32.8. The van der Waals surface area contributed by atoms with Crippen LogP contribution in [0.3, 0.4) is 0 Å². The highest BCUT2D eigenvalue weighted by atomic mass is 32.2. The fourth-order valence-corrected chi connectivity index (χ4v) is 5.59. The van der Waals surface area contributed by atoms with Crippen molar-refractivity contribution in [3.8, 4) is 0 Å². The molecule has 11 heteroatoms. The molecule has 7 nitrogen and oxygen atoms in total. The average molecular weight is 526 g/mol.